The van der Waals surface area contributed by atoms with E-state index in [-0.39, 0.29) is 16.8 Å². The second-order valence-electron chi connectivity index (χ2n) is 6.90. The smallest absolute Gasteiger partial charge is 0.390 e. The molecule has 30 heavy (non-hydrogen) atoms. The van der Waals surface area contributed by atoms with Crippen molar-refractivity contribution in [2.75, 3.05) is 0 Å². The Morgan fingerprint density at radius 3 is 2.27 bits per heavy atom. The SMILES string of the molecule is N#CNC(=O)C1(c2ccc(-c3ccc(-n4ncc(Cl)c4OC(N)=O)cc3)cc2)CC1. The maximum atomic E-state index is 12.2. The van der Waals surface area contributed by atoms with Gasteiger partial charge in [-0.05, 0) is 41.7 Å². The second kappa shape index (κ2) is 7.54. The molecule has 150 valence electrons. The molecule has 0 atom stereocenters. The molecule has 3 N–H and O–H groups in total. The Hall–Kier alpha value is -3.83. The zero-order valence-corrected chi connectivity index (χ0v) is 16.4. The number of halogens is 1. The average Bonchev–Trinajstić information content (AvgIpc) is 3.48. The van der Waals surface area contributed by atoms with Crippen LogP contribution in [-0.2, 0) is 10.2 Å². The Morgan fingerprint density at radius 1 is 1.13 bits per heavy atom. The summed E-state index contributed by atoms with van der Waals surface area (Å²) in [5, 5.41) is 15.2. The van der Waals surface area contributed by atoms with Gasteiger partial charge in [0.05, 0.1) is 17.3 Å². The summed E-state index contributed by atoms with van der Waals surface area (Å²) < 4.78 is 6.31. The van der Waals surface area contributed by atoms with Crippen LogP contribution in [0.25, 0.3) is 16.8 Å². The molecule has 0 aliphatic heterocycles. The molecule has 1 fully saturated rings. The van der Waals surface area contributed by atoms with E-state index in [1.165, 1.54) is 10.9 Å². The number of ether oxygens (including phenoxy) is 1. The van der Waals surface area contributed by atoms with E-state index in [2.05, 4.69) is 10.4 Å². The first kappa shape index (κ1) is 19.5. The number of nitrogens with one attached hydrogen (secondary N) is 1. The fourth-order valence-corrected chi connectivity index (χ4v) is 3.57. The van der Waals surface area contributed by atoms with Gasteiger partial charge in [0.25, 0.3) is 0 Å². The molecule has 0 bridgehead atoms. The van der Waals surface area contributed by atoms with Gasteiger partial charge in [-0.15, -0.1) is 0 Å². The molecule has 0 radical (unpaired) electrons. The first-order chi connectivity index (χ1) is 14.4. The molecule has 8 nitrogen and oxygen atoms in total. The summed E-state index contributed by atoms with van der Waals surface area (Å²) in [6.07, 6.45) is 3.56. The average molecular weight is 422 g/mol. The number of aromatic nitrogens is 2. The summed E-state index contributed by atoms with van der Waals surface area (Å²) in [5.41, 5.74) is 7.95. The van der Waals surface area contributed by atoms with Crippen molar-refractivity contribution in [3.05, 3.63) is 65.3 Å². The molecule has 0 unspecified atom stereocenters. The van der Waals surface area contributed by atoms with Crippen molar-refractivity contribution >= 4 is 23.6 Å². The van der Waals surface area contributed by atoms with Gasteiger partial charge in [0.15, 0.2) is 6.19 Å². The third kappa shape index (κ3) is 3.47. The lowest BCUT2D eigenvalue weighted by atomic mass is 9.93. The Balaban J connectivity index is 1.57. The number of carbonyl (C=O) groups is 2. The van der Waals surface area contributed by atoms with Gasteiger partial charge in [-0.25, -0.2) is 4.79 Å². The zero-order valence-electron chi connectivity index (χ0n) is 15.6. The van der Waals surface area contributed by atoms with Crippen molar-refractivity contribution in [1.29, 1.82) is 5.26 Å². The number of hydrogen-bond acceptors (Lipinski definition) is 5. The van der Waals surface area contributed by atoms with Crippen molar-refractivity contribution < 1.29 is 14.3 Å². The third-order valence-corrected chi connectivity index (χ3v) is 5.38. The molecule has 1 saturated carbocycles. The molecule has 2 aromatic carbocycles. The van der Waals surface area contributed by atoms with Crippen molar-refractivity contribution in [3.63, 3.8) is 0 Å². The van der Waals surface area contributed by atoms with Gasteiger partial charge in [-0.3, -0.25) is 10.1 Å². The van der Waals surface area contributed by atoms with Crippen LogP contribution in [0, 0.1) is 11.5 Å². The number of hydrogen-bond donors (Lipinski definition) is 2. The molecule has 1 heterocycles. The predicted molar refractivity (Wildman–Crippen MR) is 109 cm³/mol. The van der Waals surface area contributed by atoms with Gasteiger partial charge in [0.2, 0.25) is 11.8 Å². The highest BCUT2D eigenvalue weighted by Gasteiger charge is 2.51. The quantitative estimate of drug-likeness (QED) is 0.483. The Morgan fingerprint density at radius 2 is 1.73 bits per heavy atom. The highest BCUT2D eigenvalue weighted by atomic mass is 35.5. The minimum absolute atomic E-state index is 0.0478. The van der Waals surface area contributed by atoms with Crippen molar-refractivity contribution in [1.82, 2.24) is 15.1 Å². The molecule has 9 heteroatoms. The van der Waals surface area contributed by atoms with Gasteiger partial charge < -0.3 is 10.5 Å². The van der Waals surface area contributed by atoms with Gasteiger partial charge in [0.1, 0.15) is 5.02 Å². The fraction of sp³-hybridized carbons (Fsp3) is 0.143. The monoisotopic (exact) mass is 421 g/mol. The minimum Gasteiger partial charge on any atom is -0.390 e. The number of benzene rings is 2. The van der Waals surface area contributed by atoms with Crippen molar-refractivity contribution in [2.24, 2.45) is 5.73 Å². The molecule has 1 aromatic heterocycles. The topological polar surface area (TPSA) is 123 Å². The Labute approximate surface area is 176 Å². The molecule has 1 aliphatic rings. The Kier molecular flexibility index (Phi) is 4.90. The molecule has 3 aromatic rings. The third-order valence-electron chi connectivity index (χ3n) is 5.12. The van der Waals surface area contributed by atoms with E-state index in [0.29, 0.717) is 5.69 Å². The fourth-order valence-electron chi connectivity index (χ4n) is 3.41. The van der Waals surface area contributed by atoms with E-state index < -0.39 is 11.5 Å². The van der Waals surface area contributed by atoms with Crippen LogP contribution in [0.4, 0.5) is 4.79 Å². The molecule has 4 rings (SSSR count). The van der Waals surface area contributed by atoms with Crippen LogP contribution >= 0.6 is 11.6 Å². The summed E-state index contributed by atoms with van der Waals surface area (Å²) in [6.45, 7) is 0. The zero-order chi connectivity index (χ0) is 21.3. The second-order valence-corrected chi connectivity index (χ2v) is 7.31. The molecule has 0 saturated heterocycles. The molecular formula is C21H16ClN5O3. The lowest BCUT2D eigenvalue weighted by Crippen LogP contribution is -2.31. The van der Waals surface area contributed by atoms with Gasteiger partial charge in [-0.2, -0.15) is 15.0 Å². The Bertz CT molecular complexity index is 1160. The predicted octanol–water partition coefficient (Wildman–Crippen LogP) is 3.28. The van der Waals surface area contributed by atoms with Gasteiger partial charge in [0, 0.05) is 0 Å². The van der Waals surface area contributed by atoms with E-state index >= 15 is 0 Å². The minimum atomic E-state index is -0.979. The van der Waals surface area contributed by atoms with Gasteiger partial charge in [-0.1, -0.05) is 48.0 Å². The number of nitriles is 1. The summed E-state index contributed by atoms with van der Waals surface area (Å²) >= 11 is 6.00. The van der Waals surface area contributed by atoms with Crippen LogP contribution in [0.3, 0.4) is 0 Å². The number of nitrogens with two attached hydrogens (primary N) is 1. The maximum absolute atomic E-state index is 12.2. The molecular weight excluding hydrogens is 406 g/mol. The van der Waals surface area contributed by atoms with E-state index in [1.807, 2.05) is 48.5 Å². The van der Waals surface area contributed by atoms with E-state index in [1.54, 1.807) is 6.19 Å². The van der Waals surface area contributed by atoms with Crippen LogP contribution < -0.4 is 15.8 Å². The largest absolute Gasteiger partial charge is 0.411 e. The summed E-state index contributed by atoms with van der Waals surface area (Å²) in [5.74, 6) is -0.208. The van der Waals surface area contributed by atoms with E-state index in [4.69, 9.17) is 27.3 Å². The van der Waals surface area contributed by atoms with E-state index in [0.717, 1.165) is 29.5 Å². The number of carbonyl (C=O) groups excluding carboxylic acids is 2. The maximum Gasteiger partial charge on any atom is 0.411 e. The lowest BCUT2D eigenvalue weighted by molar-refractivity contribution is -0.122. The summed E-state index contributed by atoms with van der Waals surface area (Å²) in [6, 6.07) is 15.1. The molecule has 2 amide bonds. The lowest BCUT2D eigenvalue weighted by Gasteiger charge is -2.13. The number of nitrogens with zero attached hydrogens (tertiary/aromatic N) is 3. The summed E-state index contributed by atoms with van der Waals surface area (Å²) in [7, 11) is 0. The molecule has 0 spiro atoms. The standard InChI is InChI=1S/C21H16ClN5O3/c22-17-11-26-27(18(17)30-20(24)29)16-7-3-14(4-8-16)13-1-5-15(6-2-13)21(9-10-21)19(28)25-12-23/h1-8,11H,9-10H2,(H2,24,29)(H,25,28). The van der Waals surface area contributed by atoms with Crippen LogP contribution in [0.2, 0.25) is 5.02 Å². The van der Waals surface area contributed by atoms with Crippen molar-refractivity contribution in [2.45, 2.75) is 18.3 Å². The van der Waals surface area contributed by atoms with Crippen LogP contribution in [0.15, 0.2) is 54.7 Å². The van der Waals surface area contributed by atoms with Gasteiger partial charge >= 0.3 is 6.09 Å². The normalized spacial score (nSPS) is 13.9. The van der Waals surface area contributed by atoms with Crippen LogP contribution in [0.1, 0.15) is 18.4 Å². The highest BCUT2D eigenvalue weighted by molar-refractivity contribution is 6.31. The van der Waals surface area contributed by atoms with Crippen LogP contribution in [-0.4, -0.2) is 21.8 Å². The molecule has 1 aliphatic carbocycles. The first-order valence-corrected chi connectivity index (χ1v) is 9.44. The number of rotatable bonds is 5. The number of amides is 2. The number of primary amides is 1. The van der Waals surface area contributed by atoms with Crippen LogP contribution in [0.5, 0.6) is 5.88 Å². The van der Waals surface area contributed by atoms with Crippen molar-refractivity contribution in [3.8, 4) is 28.9 Å². The highest BCUT2D eigenvalue weighted by Crippen LogP contribution is 2.48. The first-order valence-electron chi connectivity index (χ1n) is 9.06. The van der Waals surface area contributed by atoms with E-state index in [9.17, 15) is 9.59 Å². The summed E-state index contributed by atoms with van der Waals surface area (Å²) in [4.78, 5) is 23.2.